The van der Waals surface area contributed by atoms with Gasteiger partial charge in [-0.2, -0.15) is 8.42 Å². The van der Waals surface area contributed by atoms with Gasteiger partial charge in [0.2, 0.25) is 0 Å². The summed E-state index contributed by atoms with van der Waals surface area (Å²) in [5, 5.41) is 3.31. The molecule has 0 aromatic carbocycles. The van der Waals surface area contributed by atoms with Crippen LogP contribution < -0.4 is 5.32 Å². The van der Waals surface area contributed by atoms with Crippen molar-refractivity contribution in [2.75, 3.05) is 26.0 Å². The minimum absolute atomic E-state index is 0.0413. The van der Waals surface area contributed by atoms with E-state index in [9.17, 15) is 8.42 Å². The Balaban J connectivity index is 1.77. The maximum atomic E-state index is 10.9. The Morgan fingerprint density at radius 3 is 2.32 bits per heavy atom. The zero-order valence-electron chi connectivity index (χ0n) is 16.3. The third-order valence-electron chi connectivity index (χ3n) is 8.06. The lowest BCUT2D eigenvalue weighted by Gasteiger charge is -2.42. The molecule has 146 valence electrons. The summed E-state index contributed by atoms with van der Waals surface area (Å²) in [4.78, 5) is 0. The number of fused-ring (bicyclic) bond motifs is 3. The first-order valence-corrected chi connectivity index (χ1v) is 11.3. The summed E-state index contributed by atoms with van der Waals surface area (Å²) in [6, 6.07) is 0. The lowest BCUT2D eigenvalue weighted by atomic mass is 9.68. The molecule has 0 heterocycles. The summed E-state index contributed by atoms with van der Waals surface area (Å²) in [6.07, 6.45) is 4.73. The van der Waals surface area contributed by atoms with Crippen molar-refractivity contribution >= 4 is 10.1 Å². The summed E-state index contributed by atoms with van der Waals surface area (Å²) >= 11 is 0. The van der Waals surface area contributed by atoms with Crippen LogP contribution in [0.2, 0.25) is 0 Å². The molecule has 3 rings (SSSR count). The van der Waals surface area contributed by atoms with Crippen LogP contribution in [0.4, 0.5) is 0 Å². The summed E-state index contributed by atoms with van der Waals surface area (Å²) in [6.45, 7) is 10.6. The van der Waals surface area contributed by atoms with Gasteiger partial charge in [-0.05, 0) is 67.1 Å². The van der Waals surface area contributed by atoms with Gasteiger partial charge in [-0.15, -0.1) is 0 Å². The van der Waals surface area contributed by atoms with Crippen LogP contribution in [0, 0.1) is 34.5 Å². The Morgan fingerprint density at radius 1 is 1.08 bits per heavy atom. The molecule has 0 aromatic heterocycles. The molecular formula is C19H35NO4S. The highest BCUT2D eigenvalue weighted by atomic mass is 32.2. The summed E-state index contributed by atoms with van der Waals surface area (Å²) in [5.41, 5.74) is 0.531. The predicted octanol–water partition coefficient (Wildman–Crippen LogP) is 2.97. The van der Waals surface area contributed by atoms with Gasteiger partial charge >= 0.3 is 0 Å². The Morgan fingerprint density at radius 2 is 1.72 bits per heavy atom. The SMILES string of the molecule is COC1(C)CCC2C(C3C1CCC3(C)CNCCS(=O)(=O)O)C2(C)C. The first-order valence-electron chi connectivity index (χ1n) is 9.66. The van der Waals surface area contributed by atoms with Crippen molar-refractivity contribution in [2.24, 2.45) is 34.5 Å². The molecular weight excluding hydrogens is 338 g/mol. The summed E-state index contributed by atoms with van der Waals surface area (Å²) < 4.78 is 36.9. The fourth-order valence-corrected chi connectivity index (χ4v) is 6.80. The van der Waals surface area contributed by atoms with Crippen LogP contribution in [0.1, 0.15) is 53.4 Å². The van der Waals surface area contributed by atoms with Gasteiger partial charge in [0.1, 0.15) is 0 Å². The van der Waals surface area contributed by atoms with E-state index in [4.69, 9.17) is 9.29 Å². The van der Waals surface area contributed by atoms with E-state index >= 15 is 0 Å². The molecule has 3 aliphatic rings. The number of rotatable bonds is 6. The quantitative estimate of drug-likeness (QED) is 0.553. The van der Waals surface area contributed by atoms with Gasteiger partial charge in [-0.1, -0.05) is 20.8 Å². The van der Waals surface area contributed by atoms with Crippen molar-refractivity contribution in [3.8, 4) is 0 Å². The minimum atomic E-state index is -3.90. The number of hydrogen-bond donors (Lipinski definition) is 2. The highest BCUT2D eigenvalue weighted by Crippen LogP contribution is 2.73. The minimum Gasteiger partial charge on any atom is -0.378 e. The molecule has 2 N–H and O–H groups in total. The first-order chi connectivity index (χ1) is 11.4. The van der Waals surface area contributed by atoms with Crippen LogP contribution >= 0.6 is 0 Å². The molecule has 0 radical (unpaired) electrons. The first kappa shape index (κ1) is 19.6. The molecule has 6 heteroatoms. The lowest BCUT2D eigenvalue weighted by Crippen LogP contribution is -2.45. The average Bonchev–Trinajstić information content (AvgIpc) is 2.92. The van der Waals surface area contributed by atoms with E-state index in [1.807, 2.05) is 7.11 Å². The molecule has 3 aliphatic carbocycles. The molecule has 25 heavy (non-hydrogen) atoms. The Bertz CT molecular complexity index is 619. The van der Waals surface area contributed by atoms with E-state index < -0.39 is 10.1 Å². The molecule has 3 saturated carbocycles. The van der Waals surface area contributed by atoms with Crippen molar-refractivity contribution in [3.63, 3.8) is 0 Å². The van der Waals surface area contributed by atoms with Crippen molar-refractivity contribution < 1.29 is 17.7 Å². The zero-order chi connectivity index (χ0) is 18.7. The zero-order valence-corrected chi connectivity index (χ0v) is 17.2. The fraction of sp³-hybridized carbons (Fsp3) is 1.00. The molecule has 0 aliphatic heterocycles. The Labute approximate surface area is 153 Å². The monoisotopic (exact) mass is 373 g/mol. The maximum absolute atomic E-state index is 10.9. The number of nitrogens with one attached hydrogen (secondary N) is 1. The van der Waals surface area contributed by atoms with E-state index in [2.05, 4.69) is 33.0 Å². The van der Waals surface area contributed by atoms with Gasteiger partial charge in [0.05, 0.1) is 11.4 Å². The van der Waals surface area contributed by atoms with E-state index in [0.29, 0.717) is 23.8 Å². The van der Waals surface area contributed by atoms with Crippen molar-refractivity contribution in [2.45, 2.75) is 59.0 Å². The molecule has 0 spiro atoms. The highest BCUT2D eigenvalue weighted by molar-refractivity contribution is 7.85. The molecule has 6 unspecified atom stereocenters. The number of methoxy groups -OCH3 is 1. The second-order valence-electron chi connectivity index (χ2n) is 9.80. The van der Waals surface area contributed by atoms with Crippen molar-refractivity contribution in [1.82, 2.24) is 5.32 Å². The molecule has 0 saturated heterocycles. The lowest BCUT2D eigenvalue weighted by molar-refractivity contribution is -0.0725. The largest absolute Gasteiger partial charge is 0.378 e. The van der Waals surface area contributed by atoms with Gasteiger partial charge in [-0.3, -0.25) is 4.55 Å². The van der Waals surface area contributed by atoms with Gasteiger partial charge in [-0.25, -0.2) is 0 Å². The van der Waals surface area contributed by atoms with Crippen LogP contribution in [0.25, 0.3) is 0 Å². The standard InChI is InChI=1S/C19H35NO4S/c1-17(2)13-7-9-19(4,24-5)14-6-8-18(3,16(14)15(13)17)12-20-10-11-25(21,22)23/h13-16,20H,6-12H2,1-5H3,(H,21,22,23). The highest BCUT2D eigenvalue weighted by Gasteiger charge is 2.69. The van der Waals surface area contributed by atoms with E-state index in [-0.39, 0.29) is 16.8 Å². The van der Waals surface area contributed by atoms with E-state index in [1.165, 1.54) is 12.8 Å². The second-order valence-corrected chi connectivity index (χ2v) is 11.4. The Kier molecular flexibility index (Phi) is 4.84. The fourth-order valence-electron chi connectivity index (χ4n) is 6.40. The maximum Gasteiger partial charge on any atom is 0.266 e. The second kappa shape index (κ2) is 6.18. The predicted molar refractivity (Wildman–Crippen MR) is 99.0 cm³/mol. The molecule has 0 amide bonds. The average molecular weight is 374 g/mol. The summed E-state index contributed by atoms with van der Waals surface area (Å²) in [5.74, 6) is 2.49. The molecule has 6 atom stereocenters. The normalized spacial score (nSPS) is 45.5. The van der Waals surface area contributed by atoms with Crippen LogP contribution in [0.5, 0.6) is 0 Å². The van der Waals surface area contributed by atoms with Crippen LogP contribution in [-0.2, 0) is 14.9 Å². The van der Waals surface area contributed by atoms with Crippen molar-refractivity contribution in [3.05, 3.63) is 0 Å². The molecule has 0 aromatic rings. The van der Waals surface area contributed by atoms with Crippen LogP contribution in [0.3, 0.4) is 0 Å². The van der Waals surface area contributed by atoms with Gasteiger partial charge < -0.3 is 10.1 Å². The van der Waals surface area contributed by atoms with Gasteiger partial charge in [0, 0.05) is 20.2 Å². The van der Waals surface area contributed by atoms with Crippen LogP contribution in [0.15, 0.2) is 0 Å². The topological polar surface area (TPSA) is 75.6 Å². The third-order valence-corrected chi connectivity index (χ3v) is 8.78. The summed E-state index contributed by atoms with van der Waals surface area (Å²) in [7, 11) is -2.03. The van der Waals surface area contributed by atoms with Crippen LogP contribution in [-0.4, -0.2) is 44.5 Å². The van der Waals surface area contributed by atoms with Crippen molar-refractivity contribution in [1.29, 1.82) is 0 Å². The molecule has 0 bridgehead atoms. The molecule has 3 fully saturated rings. The van der Waals surface area contributed by atoms with Gasteiger partial charge in [0.25, 0.3) is 10.1 Å². The van der Waals surface area contributed by atoms with Gasteiger partial charge in [0.15, 0.2) is 0 Å². The smallest absolute Gasteiger partial charge is 0.266 e. The third kappa shape index (κ3) is 3.40. The van der Waals surface area contributed by atoms with E-state index in [1.54, 1.807) is 0 Å². The molecule has 5 nitrogen and oxygen atoms in total. The van der Waals surface area contributed by atoms with E-state index in [0.717, 1.165) is 31.2 Å². The number of hydrogen-bond acceptors (Lipinski definition) is 4. The number of ether oxygens (including phenoxy) is 1. The Hall–Kier alpha value is -0.170.